The molecule has 0 spiro atoms. The van der Waals surface area contributed by atoms with Crippen LogP contribution in [-0.2, 0) is 4.74 Å². The van der Waals surface area contributed by atoms with Crippen LogP contribution < -0.4 is 5.32 Å². The van der Waals surface area contributed by atoms with Gasteiger partial charge in [0.25, 0.3) is 0 Å². The fraction of sp³-hybridized carbons (Fsp3) is 0.750. The van der Waals surface area contributed by atoms with Crippen LogP contribution in [0.1, 0.15) is 33.6 Å². The molecule has 84 valence electrons. The number of hydrogen-bond acceptors (Lipinski definition) is 2. The van der Waals surface area contributed by atoms with E-state index in [0.29, 0.717) is 18.4 Å². The highest BCUT2D eigenvalue weighted by Gasteiger charge is 2.29. The highest BCUT2D eigenvalue weighted by Crippen LogP contribution is 2.32. The average molecular weight is 209 g/mol. The van der Waals surface area contributed by atoms with Gasteiger partial charge in [-0.05, 0) is 39.5 Å². The average Bonchev–Trinajstić information content (AvgIpc) is 1.99. The molecule has 0 saturated heterocycles. The predicted octanol–water partition coefficient (Wildman–Crippen LogP) is 2.17. The minimum atomic E-state index is -0.435. The number of alkyl carbamates (subject to hydrolysis) is 1. The Morgan fingerprint density at radius 2 is 2.20 bits per heavy atom. The van der Waals surface area contributed by atoms with Gasteiger partial charge in [0, 0.05) is 12.5 Å². The molecule has 1 rings (SSSR count). The maximum absolute atomic E-state index is 11.3. The molecule has 1 N–H and O–H groups in total. The molecule has 0 aromatic rings. The molecule has 1 fully saturated rings. The van der Waals surface area contributed by atoms with Crippen molar-refractivity contribution in [2.24, 2.45) is 11.8 Å². The fourth-order valence-corrected chi connectivity index (χ4v) is 1.56. The smallest absolute Gasteiger partial charge is 0.407 e. The first-order valence-corrected chi connectivity index (χ1v) is 5.35. The van der Waals surface area contributed by atoms with Gasteiger partial charge >= 0.3 is 6.09 Å². The Bertz CT molecular complexity index is 272. The molecule has 0 unspecified atom stereocenters. The largest absolute Gasteiger partial charge is 0.444 e. The SMILES string of the molecule is C#C[C@@H]1CC[C@H]1CNC(=O)OC(C)(C)C. The maximum atomic E-state index is 11.3. The van der Waals surface area contributed by atoms with Crippen molar-refractivity contribution in [1.29, 1.82) is 0 Å². The van der Waals surface area contributed by atoms with Crippen LogP contribution in [0.2, 0.25) is 0 Å². The molecular formula is C12H19NO2. The molecule has 1 saturated carbocycles. The Labute approximate surface area is 91.6 Å². The van der Waals surface area contributed by atoms with Gasteiger partial charge in [0.1, 0.15) is 5.60 Å². The molecular weight excluding hydrogens is 190 g/mol. The van der Waals surface area contributed by atoms with Gasteiger partial charge < -0.3 is 10.1 Å². The second-order valence-electron chi connectivity index (χ2n) is 4.99. The summed E-state index contributed by atoms with van der Waals surface area (Å²) >= 11 is 0. The molecule has 0 aromatic carbocycles. The summed E-state index contributed by atoms with van der Waals surface area (Å²) in [7, 11) is 0. The van der Waals surface area contributed by atoms with Gasteiger partial charge in [0.2, 0.25) is 0 Å². The highest BCUT2D eigenvalue weighted by atomic mass is 16.6. The molecule has 3 heteroatoms. The van der Waals surface area contributed by atoms with E-state index in [0.717, 1.165) is 12.8 Å². The van der Waals surface area contributed by atoms with Crippen molar-refractivity contribution in [3.63, 3.8) is 0 Å². The lowest BCUT2D eigenvalue weighted by molar-refractivity contribution is 0.0502. The standard InChI is InChI=1S/C12H19NO2/c1-5-9-6-7-10(9)8-13-11(14)15-12(2,3)4/h1,9-10H,6-8H2,2-4H3,(H,13,14)/t9-,10+/m1/s1. The molecule has 0 aliphatic heterocycles. The second kappa shape index (κ2) is 4.57. The topological polar surface area (TPSA) is 38.3 Å². The molecule has 1 aliphatic rings. The van der Waals surface area contributed by atoms with Gasteiger partial charge in [-0.15, -0.1) is 12.3 Å². The minimum absolute atomic E-state index is 0.333. The lowest BCUT2D eigenvalue weighted by Crippen LogP contribution is -2.39. The number of nitrogens with one attached hydrogen (secondary N) is 1. The summed E-state index contributed by atoms with van der Waals surface area (Å²) in [5, 5.41) is 2.75. The number of amides is 1. The summed E-state index contributed by atoms with van der Waals surface area (Å²) in [6, 6.07) is 0. The molecule has 1 amide bonds. The van der Waals surface area contributed by atoms with E-state index in [1.54, 1.807) is 0 Å². The zero-order valence-electron chi connectivity index (χ0n) is 9.67. The van der Waals surface area contributed by atoms with Crippen LogP contribution in [0.3, 0.4) is 0 Å². The zero-order valence-corrected chi connectivity index (χ0v) is 9.67. The third-order valence-corrected chi connectivity index (χ3v) is 2.54. The maximum Gasteiger partial charge on any atom is 0.407 e. The van der Waals surface area contributed by atoms with Crippen molar-refractivity contribution >= 4 is 6.09 Å². The van der Waals surface area contributed by atoms with E-state index < -0.39 is 5.60 Å². The fourth-order valence-electron chi connectivity index (χ4n) is 1.56. The van der Waals surface area contributed by atoms with Crippen molar-refractivity contribution in [2.45, 2.75) is 39.2 Å². The van der Waals surface area contributed by atoms with Crippen LogP contribution in [-0.4, -0.2) is 18.2 Å². The van der Waals surface area contributed by atoms with Gasteiger partial charge in [0.15, 0.2) is 0 Å². The van der Waals surface area contributed by atoms with Crippen molar-refractivity contribution in [2.75, 3.05) is 6.54 Å². The van der Waals surface area contributed by atoms with Crippen LogP contribution in [0, 0.1) is 24.2 Å². The molecule has 0 bridgehead atoms. The lowest BCUT2D eigenvalue weighted by Gasteiger charge is -2.33. The van der Waals surface area contributed by atoms with E-state index in [2.05, 4.69) is 11.2 Å². The van der Waals surface area contributed by atoms with Crippen LogP contribution in [0.4, 0.5) is 4.79 Å². The molecule has 2 atom stereocenters. The summed E-state index contributed by atoms with van der Waals surface area (Å²) in [5.74, 6) is 3.50. The van der Waals surface area contributed by atoms with Gasteiger partial charge in [-0.25, -0.2) is 4.79 Å². The Morgan fingerprint density at radius 1 is 1.53 bits per heavy atom. The molecule has 0 radical (unpaired) electrons. The van der Waals surface area contributed by atoms with Crippen LogP contribution in [0.5, 0.6) is 0 Å². The van der Waals surface area contributed by atoms with E-state index in [9.17, 15) is 4.79 Å². The van der Waals surface area contributed by atoms with E-state index in [-0.39, 0.29) is 6.09 Å². The molecule has 0 heterocycles. The number of carbonyl (C=O) groups excluding carboxylic acids is 1. The Morgan fingerprint density at radius 3 is 2.60 bits per heavy atom. The van der Waals surface area contributed by atoms with Crippen molar-refractivity contribution in [3.05, 3.63) is 0 Å². The van der Waals surface area contributed by atoms with E-state index in [1.165, 1.54) is 0 Å². The lowest BCUT2D eigenvalue weighted by atomic mass is 9.74. The molecule has 1 aliphatic carbocycles. The van der Waals surface area contributed by atoms with Gasteiger partial charge in [0.05, 0.1) is 0 Å². The number of hydrogen-bond donors (Lipinski definition) is 1. The number of ether oxygens (including phenoxy) is 1. The van der Waals surface area contributed by atoms with Crippen molar-refractivity contribution < 1.29 is 9.53 Å². The third-order valence-electron chi connectivity index (χ3n) is 2.54. The van der Waals surface area contributed by atoms with Gasteiger partial charge in [-0.1, -0.05) is 0 Å². The molecule has 15 heavy (non-hydrogen) atoms. The van der Waals surface area contributed by atoms with E-state index in [1.807, 2.05) is 20.8 Å². The van der Waals surface area contributed by atoms with Crippen LogP contribution >= 0.6 is 0 Å². The van der Waals surface area contributed by atoms with Gasteiger partial charge in [-0.2, -0.15) is 0 Å². The third kappa shape index (κ3) is 3.83. The van der Waals surface area contributed by atoms with Crippen molar-refractivity contribution in [1.82, 2.24) is 5.32 Å². The second-order valence-corrected chi connectivity index (χ2v) is 4.99. The number of carbonyl (C=O) groups is 1. The van der Waals surface area contributed by atoms with Gasteiger partial charge in [-0.3, -0.25) is 0 Å². The van der Waals surface area contributed by atoms with E-state index in [4.69, 9.17) is 11.2 Å². The Balaban J connectivity index is 2.21. The summed E-state index contributed by atoms with van der Waals surface area (Å²) < 4.78 is 5.12. The van der Waals surface area contributed by atoms with Crippen molar-refractivity contribution in [3.8, 4) is 12.3 Å². The van der Waals surface area contributed by atoms with Crippen LogP contribution in [0.25, 0.3) is 0 Å². The summed E-state index contributed by atoms with van der Waals surface area (Å²) in [4.78, 5) is 11.3. The first kappa shape index (κ1) is 11.9. The Hall–Kier alpha value is -1.17. The first-order valence-electron chi connectivity index (χ1n) is 5.35. The first-order chi connectivity index (χ1) is 6.92. The highest BCUT2D eigenvalue weighted by molar-refractivity contribution is 5.67. The zero-order chi connectivity index (χ0) is 11.5. The summed E-state index contributed by atoms with van der Waals surface area (Å²) in [6.07, 6.45) is 7.16. The normalized spacial score (nSPS) is 24.9. The molecule has 0 aromatic heterocycles. The number of terminal acetylenes is 1. The van der Waals surface area contributed by atoms with Crippen LogP contribution in [0.15, 0.2) is 0 Å². The quantitative estimate of drug-likeness (QED) is 0.708. The summed E-state index contributed by atoms with van der Waals surface area (Å²) in [6.45, 7) is 6.17. The number of rotatable bonds is 2. The monoisotopic (exact) mass is 209 g/mol. The van der Waals surface area contributed by atoms with E-state index >= 15 is 0 Å². The Kier molecular flexibility index (Phi) is 3.62. The minimum Gasteiger partial charge on any atom is -0.444 e. The predicted molar refractivity (Wildman–Crippen MR) is 59.3 cm³/mol. The summed E-state index contributed by atoms with van der Waals surface area (Å²) in [5.41, 5.74) is -0.435. The molecule has 3 nitrogen and oxygen atoms in total.